The molecule has 2 heterocycles. The third kappa shape index (κ3) is 8.88. The summed E-state index contributed by atoms with van der Waals surface area (Å²) >= 11 is 0. The van der Waals surface area contributed by atoms with Gasteiger partial charge in [-0.3, -0.25) is 14.7 Å². The number of quaternary nitrogens is 1. The number of nitrogens with two attached hydrogens (primary N) is 2. The second kappa shape index (κ2) is 17.1. The van der Waals surface area contributed by atoms with Gasteiger partial charge >= 0.3 is 0 Å². The predicted octanol–water partition coefficient (Wildman–Crippen LogP) is 4.89. The molecular weight excluding hydrogens is 616 g/mol. The Bertz CT molecular complexity index is 1530. The smallest absolute Gasteiger partial charge is 0.227 e. The second-order valence-electron chi connectivity index (χ2n) is 14.4. The van der Waals surface area contributed by atoms with Crippen LogP contribution in [0.1, 0.15) is 114 Å². The summed E-state index contributed by atoms with van der Waals surface area (Å²) in [6.07, 6.45) is 12.7. The fourth-order valence-electron chi connectivity index (χ4n) is 7.95. The number of rotatable bonds is 19. The third-order valence-corrected chi connectivity index (χ3v) is 10.7. The molecule has 0 spiro atoms. The number of phenols is 1. The summed E-state index contributed by atoms with van der Waals surface area (Å²) in [4.78, 5) is 19.3. The quantitative estimate of drug-likeness (QED) is 0.0917. The highest BCUT2D eigenvalue weighted by Crippen LogP contribution is 2.50. The Hall–Kier alpha value is -3.34. The molecule has 2 aliphatic heterocycles. The van der Waals surface area contributed by atoms with Gasteiger partial charge in [-0.05, 0) is 72.9 Å². The Morgan fingerprint density at radius 2 is 1.84 bits per heavy atom. The van der Waals surface area contributed by atoms with E-state index >= 15 is 0 Å². The van der Waals surface area contributed by atoms with Crippen molar-refractivity contribution >= 4 is 11.5 Å². The molecule has 5 rings (SSSR count). The van der Waals surface area contributed by atoms with Crippen molar-refractivity contribution in [1.82, 2.24) is 0 Å². The maximum Gasteiger partial charge on any atom is 0.227 e. The minimum absolute atomic E-state index is 0.0183. The van der Waals surface area contributed by atoms with Crippen LogP contribution in [0.3, 0.4) is 0 Å². The van der Waals surface area contributed by atoms with Crippen molar-refractivity contribution in [2.75, 3.05) is 13.3 Å². The van der Waals surface area contributed by atoms with E-state index in [1.165, 1.54) is 16.7 Å². The first-order chi connectivity index (χ1) is 23.6. The molecule has 3 aliphatic rings. The molecule has 0 bridgehead atoms. The third-order valence-electron chi connectivity index (χ3n) is 10.7. The van der Waals surface area contributed by atoms with Gasteiger partial charge in [0.2, 0.25) is 6.73 Å². The Balaban J connectivity index is 1.22. The molecule has 0 saturated heterocycles. The van der Waals surface area contributed by atoms with Crippen molar-refractivity contribution < 1.29 is 29.8 Å². The zero-order valence-electron chi connectivity index (χ0n) is 29.4. The summed E-state index contributed by atoms with van der Waals surface area (Å²) < 4.78 is 6.18. The van der Waals surface area contributed by atoms with Crippen LogP contribution in [0.5, 0.6) is 11.5 Å². The van der Waals surface area contributed by atoms with E-state index in [9.17, 15) is 20.1 Å². The fraction of sp³-hybridized carbons (Fsp3) is 0.550. The number of carbonyl (C=O) groups is 1. The number of carbonyl (C=O) groups excluding carboxylic acids is 1. The van der Waals surface area contributed by atoms with Crippen molar-refractivity contribution in [3.05, 3.63) is 82.7 Å². The van der Waals surface area contributed by atoms with E-state index in [4.69, 9.17) is 21.2 Å². The topological polar surface area (TPSA) is 156 Å². The number of aryl methyl sites for hydroxylation is 1. The van der Waals surface area contributed by atoms with Crippen molar-refractivity contribution in [3.8, 4) is 11.5 Å². The molecule has 0 aromatic heterocycles. The lowest BCUT2D eigenvalue weighted by Gasteiger charge is -2.32. The molecule has 4 atom stereocenters. The molecule has 1 aliphatic carbocycles. The van der Waals surface area contributed by atoms with Crippen LogP contribution >= 0.6 is 0 Å². The molecule has 8 N–H and O–H groups in total. The van der Waals surface area contributed by atoms with Crippen LogP contribution in [-0.4, -0.2) is 52.3 Å². The molecule has 2 aromatic carbocycles. The van der Waals surface area contributed by atoms with Crippen molar-refractivity contribution in [2.45, 2.75) is 121 Å². The largest absolute Gasteiger partial charge is 0.504 e. The number of unbranched alkanes of at least 4 members (excludes halogenated alkanes) is 2. The van der Waals surface area contributed by atoms with E-state index in [0.29, 0.717) is 38.3 Å². The number of allylic oxidation sites excluding steroid dienone is 1. The summed E-state index contributed by atoms with van der Waals surface area (Å²) in [6, 6.07) is 13.6. The number of hydrogen-bond donors (Lipinski definition) is 6. The van der Waals surface area contributed by atoms with Crippen LogP contribution in [0, 0.1) is 5.92 Å². The van der Waals surface area contributed by atoms with Crippen LogP contribution in [0.2, 0.25) is 0 Å². The number of Topliss-reactive ketones (excluding diaryl/α,β-unsaturated/α-hetero) is 1. The van der Waals surface area contributed by atoms with Crippen molar-refractivity contribution in [1.29, 1.82) is 0 Å². The van der Waals surface area contributed by atoms with Gasteiger partial charge in [0.1, 0.15) is 24.2 Å². The Labute approximate surface area is 291 Å². The monoisotopic (exact) mass is 673 g/mol. The first-order valence-corrected chi connectivity index (χ1v) is 18.4. The molecule has 49 heavy (non-hydrogen) atoms. The van der Waals surface area contributed by atoms with E-state index in [1.54, 1.807) is 6.07 Å². The van der Waals surface area contributed by atoms with Gasteiger partial charge in [0.05, 0.1) is 23.9 Å². The number of ether oxygens (including phenoxy) is 1. The Morgan fingerprint density at radius 1 is 1.04 bits per heavy atom. The maximum atomic E-state index is 13.4. The number of aliphatic hydroxyl groups excluding tert-OH is 2. The minimum Gasteiger partial charge on any atom is -0.504 e. The lowest BCUT2D eigenvalue weighted by Crippen LogP contribution is -3.07. The number of fused-ring (bicyclic) bond motifs is 1. The summed E-state index contributed by atoms with van der Waals surface area (Å²) in [7, 11) is 0. The second-order valence-corrected chi connectivity index (χ2v) is 14.4. The van der Waals surface area contributed by atoms with Gasteiger partial charge in [-0.1, -0.05) is 82.7 Å². The molecule has 266 valence electrons. The number of phenolic OH excluding ortho intramolecular Hbond substituents is 1. The molecule has 2 aromatic rings. The number of aliphatic imine (C=N–C) groups is 1. The van der Waals surface area contributed by atoms with Crippen LogP contribution in [0.4, 0.5) is 0 Å². The van der Waals surface area contributed by atoms with Gasteiger partial charge < -0.3 is 31.5 Å². The van der Waals surface area contributed by atoms with Crippen LogP contribution < -0.4 is 21.1 Å². The van der Waals surface area contributed by atoms with Crippen LogP contribution in [0.25, 0.3) is 0 Å². The van der Waals surface area contributed by atoms with Gasteiger partial charge in [0, 0.05) is 24.0 Å². The maximum absolute atomic E-state index is 13.4. The van der Waals surface area contributed by atoms with E-state index in [0.717, 1.165) is 73.1 Å². The SMILES string of the molecule is CCCCC[C@H](C(=O)CCc1ccc(O)c(OC[NH+]2C=C3C(C4(c5cccc(C(N)N)c5)CCCC4)=CN=C3C2)c1)[C@H](O)C[C@H](O)CCC. The minimum atomic E-state index is -0.848. The normalized spacial score (nSPS) is 20.1. The average Bonchev–Trinajstić information content (AvgIpc) is 3.83. The highest BCUT2D eigenvalue weighted by atomic mass is 16.5. The lowest BCUT2D eigenvalue weighted by molar-refractivity contribution is -0.851. The molecular formula is C40H57N4O5+. The molecule has 9 heteroatoms. The predicted molar refractivity (Wildman–Crippen MR) is 193 cm³/mol. The van der Waals surface area contributed by atoms with Gasteiger partial charge in [-0.15, -0.1) is 0 Å². The molecule has 0 radical (unpaired) electrons. The molecule has 1 saturated carbocycles. The first-order valence-electron chi connectivity index (χ1n) is 18.4. The highest BCUT2D eigenvalue weighted by Gasteiger charge is 2.45. The standard InChI is InChI=1S/C40H56N4O5/c1-3-5-6-13-31(37(48)22-30(45)10-4-2)35(46)16-14-27-15-17-36(47)38(20-27)49-26-44-24-32-33(23-43-34(32)25-44)40(18-7-8-19-40)29-12-9-11-28(21-29)39(41)42/h9,11-12,15,17,20-21,23-24,30-31,37,39,45,47-48H,3-8,10,13-14,16,18-19,22,25-26,41-42H2,1-2H3/p+1/t30-,31-,37-/m1/s1. The number of aromatic hydroxyl groups is 1. The summed E-state index contributed by atoms with van der Waals surface area (Å²) in [5.41, 5.74) is 18.5. The Morgan fingerprint density at radius 3 is 2.57 bits per heavy atom. The zero-order chi connectivity index (χ0) is 35.0. The number of hydrogen-bond acceptors (Lipinski definition) is 8. The number of aliphatic hydroxyl groups is 2. The molecule has 1 unspecified atom stereocenters. The molecule has 0 amide bonds. The van der Waals surface area contributed by atoms with Gasteiger partial charge in [-0.2, -0.15) is 0 Å². The highest BCUT2D eigenvalue weighted by molar-refractivity contribution is 6.08. The average molecular weight is 674 g/mol. The number of nitrogens with one attached hydrogen (secondary N) is 1. The molecule has 9 nitrogen and oxygen atoms in total. The van der Waals surface area contributed by atoms with Crippen LogP contribution in [-0.2, 0) is 16.6 Å². The first kappa shape index (κ1) is 36.9. The number of benzene rings is 2. The molecule has 1 fully saturated rings. The van der Waals surface area contributed by atoms with Gasteiger partial charge in [-0.25, -0.2) is 0 Å². The van der Waals surface area contributed by atoms with Crippen molar-refractivity contribution in [2.24, 2.45) is 22.4 Å². The Kier molecular flexibility index (Phi) is 12.8. The number of nitrogens with zero attached hydrogens (tertiary/aromatic N) is 1. The zero-order valence-corrected chi connectivity index (χ0v) is 29.4. The van der Waals surface area contributed by atoms with Gasteiger partial charge in [0.25, 0.3) is 0 Å². The van der Waals surface area contributed by atoms with E-state index in [1.807, 2.05) is 25.1 Å². The fourth-order valence-corrected chi connectivity index (χ4v) is 7.95. The summed E-state index contributed by atoms with van der Waals surface area (Å²) in [5.74, 6) is -0.0236. The van der Waals surface area contributed by atoms with Crippen molar-refractivity contribution in [3.63, 3.8) is 0 Å². The van der Waals surface area contributed by atoms with Gasteiger partial charge in [0.15, 0.2) is 11.5 Å². The van der Waals surface area contributed by atoms with E-state index in [2.05, 4.69) is 37.5 Å². The number of ketones is 1. The summed E-state index contributed by atoms with van der Waals surface area (Å²) in [6.45, 7) is 5.13. The lowest BCUT2D eigenvalue weighted by atomic mass is 9.70. The van der Waals surface area contributed by atoms with Crippen LogP contribution in [0.15, 0.2) is 71.0 Å². The van der Waals surface area contributed by atoms with E-state index in [-0.39, 0.29) is 29.8 Å². The van der Waals surface area contributed by atoms with E-state index < -0.39 is 24.3 Å². The summed E-state index contributed by atoms with van der Waals surface area (Å²) in [5, 5.41) is 31.8.